The fraction of sp³-hybridized carbons (Fsp3) is 0.722. The molecule has 8 heteroatoms. The monoisotopic (exact) mass is 361 g/mol. The van der Waals surface area contributed by atoms with Crippen molar-refractivity contribution in [2.45, 2.75) is 45.8 Å². The van der Waals surface area contributed by atoms with E-state index in [9.17, 15) is 9.59 Å². The number of hydrogen-bond acceptors (Lipinski definition) is 4. The van der Waals surface area contributed by atoms with Crippen LogP contribution in [0.15, 0.2) is 6.07 Å². The Morgan fingerprint density at radius 3 is 2.77 bits per heavy atom. The number of fused-ring (bicyclic) bond motifs is 1. The van der Waals surface area contributed by atoms with Crippen molar-refractivity contribution in [2.75, 3.05) is 26.3 Å². The minimum Gasteiger partial charge on any atom is -0.380 e. The Balaban J connectivity index is 1.26. The maximum atomic E-state index is 12.4. The van der Waals surface area contributed by atoms with E-state index < -0.39 is 0 Å². The minimum atomic E-state index is -0.189. The van der Waals surface area contributed by atoms with Gasteiger partial charge in [0.2, 0.25) is 5.91 Å². The highest BCUT2D eigenvalue weighted by Gasteiger charge is 2.34. The highest BCUT2D eigenvalue weighted by molar-refractivity contribution is 5.79. The highest BCUT2D eigenvalue weighted by Crippen LogP contribution is 2.29. The largest absolute Gasteiger partial charge is 0.380 e. The van der Waals surface area contributed by atoms with E-state index in [4.69, 9.17) is 4.74 Å². The van der Waals surface area contributed by atoms with Gasteiger partial charge >= 0.3 is 6.03 Å². The molecule has 1 aliphatic carbocycles. The Bertz CT molecular complexity index is 693. The Morgan fingerprint density at radius 2 is 2.12 bits per heavy atom. The third-order valence-electron chi connectivity index (χ3n) is 5.62. The van der Waals surface area contributed by atoms with E-state index in [0.717, 1.165) is 37.3 Å². The van der Waals surface area contributed by atoms with Gasteiger partial charge in [-0.1, -0.05) is 13.3 Å². The SMILES string of the molecule is CC1(CNC(=O)NCc2cc3n(n2)CCN(C(=O)C2CCC2)C3)COC1. The molecule has 3 amide bonds. The summed E-state index contributed by atoms with van der Waals surface area (Å²) in [4.78, 5) is 26.3. The molecule has 1 saturated carbocycles. The topological polar surface area (TPSA) is 88.5 Å². The van der Waals surface area contributed by atoms with Crippen LogP contribution in [-0.2, 0) is 29.2 Å². The number of nitrogens with one attached hydrogen (secondary N) is 2. The zero-order chi connectivity index (χ0) is 18.1. The second-order valence-corrected chi connectivity index (χ2v) is 8.08. The molecule has 3 heterocycles. The summed E-state index contributed by atoms with van der Waals surface area (Å²) in [5.41, 5.74) is 1.92. The number of aromatic nitrogens is 2. The van der Waals surface area contributed by atoms with Crippen LogP contribution in [0.4, 0.5) is 4.79 Å². The molecule has 142 valence electrons. The highest BCUT2D eigenvalue weighted by atomic mass is 16.5. The molecule has 0 spiro atoms. The normalized spacial score (nSPS) is 21.3. The molecule has 4 rings (SSSR count). The number of hydrogen-bond donors (Lipinski definition) is 2. The zero-order valence-electron chi connectivity index (χ0n) is 15.3. The molecule has 2 N–H and O–H groups in total. The smallest absolute Gasteiger partial charge is 0.315 e. The van der Waals surface area contributed by atoms with Crippen LogP contribution < -0.4 is 10.6 Å². The maximum absolute atomic E-state index is 12.4. The number of rotatable bonds is 5. The molecule has 0 aromatic carbocycles. The van der Waals surface area contributed by atoms with Crippen LogP contribution in [0, 0.1) is 11.3 Å². The van der Waals surface area contributed by atoms with Crippen molar-refractivity contribution < 1.29 is 14.3 Å². The van der Waals surface area contributed by atoms with Crippen LogP contribution in [0.25, 0.3) is 0 Å². The van der Waals surface area contributed by atoms with Crippen molar-refractivity contribution >= 4 is 11.9 Å². The van der Waals surface area contributed by atoms with Crippen molar-refractivity contribution in [3.8, 4) is 0 Å². The standard InChI is InChI=1S/C18H27N5O3/c1-18(11-26-12-18)10-20-17(25)19-8-14-7-15-9-22(5-6-23(15)21-14)16(24)13-3-2-4-13/h7,13H,2-6,8-12H2,1H3,(H2,19,20,25). The summed E-state index contributed by atoms with van der Waals surface area (Å²) in [5.74, 6) is 0.522. The predicted molar refractivity (Wildman–Crippen MR) is 94.1 cm³/mol. The van der Waals surface area contributed by atoms with E-state index in [0.29, 0.717) is 32.8 Å². The first-order chi connectivity index (χ1) is 12.5. The number of ether oxygens (including phenoxy) is 1. The average molecular weight is 361 g/mol. The lowest BCUT2D eigenvalue weighted by atomic mass is 9.84. The minimum absolute atomic E-state index is 0.0568. The van der Waals surface area contributed by atoms with Gasteiger partial charge in [0, 0.05) is 24.4 Å². The van der Waals surface area contributed by atoms with Crippen LogP contribution in [0.3, 0.4) is 0 Å². The van der Waals surface area contributed by atoms with Crippen molar-refractivity contribution in [1.82, 2.24) is 25.3 Å². The van der Waals surface area contributed by atoms with E-state index in [2.05, 4.69) is 22.7 Å². The lowest BCUT2D eigenvalue weighted by Crippen LogP contribution is -2.50. The number of nitrogens with zero attached hydrogens (tertiary/aromatic N) is 3. The lowest BCUT2D eigenvalue weighted by Gasteiger charge is -2.37. The average Bonchev–Trinajstić information content (AvgIpc) is 2.96. The lowest BCUT2D eigenvalue weighted by molar-refractivity contribution is -0.139. The molecule has 2 fully saturated rings. The molecule has 0 atom stereocenters. The predicted octanol–water partition coefficient (Wildman–Crippen LogP) is 0.861. The van der Waals surface area contributed by atoms with Crippen molar-refractivity contribution in [2.24, 2.45) is 11.3 Å². The molecular formula is C18H27N5O3. The van der Waals surface area contributed by atoms with Gasteiger partial charge in [-0.25, -0.2) is 4.79 Å². The fourth-order valence-corrected chi connectivity index (χ4v) is 3.59. The Kier molecular flexibility index (Phi) is 4.60. The van der Waals surface area contributed by atoms with Gasteiger partial charge in [-0.05, 0) is 18.9 Å². The number of carbonyl (C=O) groups is 2. The van der Waals surface area contributed by atoms with Crippen molar-refractivity contribution in [1.29, 1.82) is 0 Å². The Morgan fingerprint density at radius 1 is 1.31 bits per heavy atom. The van der Waals surface area contributed by atoms with Crippen molar-refractivity contribution in [3.63, 3.8) is 0 Å². The molecule has 0 unspecified atom stereocenters. The Hall–Kier alpha value is -2.09. The first-order valence-electron chi connectivity index (χ1n) is 9.46. The summed E-state index contributed by atoms with van der Waals surface area (Å²) in [6.07, 6.45) is 3.24. The maximum Gasteiger partial charge on any atom is 0.315 e. The molecular weight excluding hydrogens is 334 g/mol. The molecule has 3 aliphatic rings. The third-order valence-corrected chi connectivity index (χ3v) is 5.62. The first-order valence-corrected chi connectivity index (χ1v) is 9.46. The summed E-state index contributed by atoms with van der Waals surface area (Å²) >= 11 is 0. The van der Waals surface area contributed by atoms with Gasteiger partial charge in [0.15, 0.2) is 0 Å². The van der Waals surface area contributed by atoms with Gasteiger partial charge in [-0.2, -0.15) is 5.10 Å². The molecule has 1 aromatic heterocycles. The molecule has 0 bridgehead atoms. The van der Waals surface area contributed by atoms with E-state index >= 15 is 0 Å². The van der Waals surface area contributed by atoms with Crippen LogP contribution in [-0.4, -0.2) is 52.9 Å². The van der Waals surface area contributed by atoms with Gasteiger partial charge in [-0.15, -0.1) is 0 Å². The molecule has 2 aliphatic heterocycles. The molecule has 26 heavy (non-hydrogen) atoms. The van der Waals surface area contributed by atoms with E-state index in [-0.39, 0.29) is 23.3 Å². The summed E-state index contributed by atoms with van der Waals surface area (Å²) in [5, 5.41) is 10.3. The number of amides is 3. The summed E-state index contributed by atoms with van der Waals surface area (Å²) < 4.78 is 7.14. The van der Waals surface area contributed by atoms with Crippen molar-refractivity contribution in [3.05, 3.63) is 17.5 Å². The van der Waals surface area contributed by atoms with Gasteiger partial charge in [0.25, 0.3) is 0 Å². The van der Waals surface area contributed by atoms with E-state index in [1.807, 2.05) is 15.6 Å². The molecule has 1 aromatic rings. The van der Waals surface area contributed by atoms with Gasteiger partial charge in [0.1, 0.15) is 0 Å². The third kappa shape index (κ3) is 3.56. The zero-order valence-corrected chi connectivity index (χ0v) is 15.3. The van der Waals surface area contributed by atoms with Gasteiger partial charge < -0.3 is 20.3 Å². The van der Waals surface area contributed by atoms with E-state index in [1.165, 1.54) is 6.42 Å². The van der Waals surface area contributed by atoms with Crippen LogP contribution in [0.1, 0.15) is 37.6 Å². The number of urea groups is 1. The van der Waals surface area contributed by atoms with Crippen LogP contribution >= 0.6 is 0 Å². The van der Waals surface area contributed by atoms with Gasteiger partial charge in [0.05, 0.1) is 44.2 Å². The van der Waals surface area contributed by atoms with Gasteiger partial charge in [-0.3, -0.25) is 9.48 Å². The summed E-state index contributed by atoms with van der Waals surface area (Å²) in [6, 6.07) is 1.80. The Labute approximate surface area is 153 Å². The summed E-state index contributed by atoms with van der Waals surface area (Å²) in [6.45, 7) is 6.53. The second-order valence-electron chi connectivity index (χ2n) is 8.08. The first kappa shape index (κ1) is 17.3. The molecule has 1 saturated heterocycles. The quantitative estimate of drug-likeness (QED) is 0.814. The summed E-state index contributed by atoms with van der Waals surface area (Å²) in [7, 11) is 0. The number of carbonyl (C=O) groups excluding carboxylic acids is 2. The van der Waals surface area contributed by atoms with Crippen LogP contribution in [0.5, 0.6) is 0 Å². The van der Waals surface area contributed by atoms with Crippen LogP contribution in [0.2, 0.25) is 0 Å². The molecule has 0 radical (unpaired) electrons. The van der Waals surface area contributed by atoms with E-state index in [1.54, 1.807) is 0 Å². The molecule has 8 nitrogen and oxygen atoms in total. The fourth-order valence-electron chi connectivity index (χ4n) is 3.59. The second kappa shape index (κ2) is 6.90.